The van der Waals surface area contributed by atoms with Crippen molar-refractivity contribution >= 4 is 29.0 Å². The Balaban J connectivity index is 1.93. The van der Waals surface area contributed by atoms with Crippen molar-refractivity contribution in [2.75, 3.05) is 11.9 Å². The Kier molecular flexibility index (Phi) is 5.90. The third kappa shape index (κ3) is 4.91. The van der Waals surface area contributed by atoms with Crippen LogP contribution in [0.25, 0.3) is 0 Å². The van der Waals surface area contributed by atoms with Crippen molar-refractivity contribution < 1.29 is 14.9 Å². The number of Topliss-reactive ketones (excluding diaryl/α,β-unsaturated/α-hetero) is 1. The molecule has 0 saturated carbocycles. The van der Waals surface area contributed by atoms with Gasteiger partial charge in [-0.05, 0) is 38.1 Å². The van der Waals surface area contributed by atoms with Gasteiger partial charge in [0.25, 0.3) is 5.91 Å². The van der Waals surface area contributed by atoms with Gasteiger partial charge in [-0.1, -0.05) is 35.9 Å². The van der Waals surface area contributed by atoms with Crippen LogP contribution >= 0.6 is 11.6 Å². The van der Waals surface area contributed by atoms with Gasteiger partial charge in [0.05, 0.1) is 5.69 Å². The molecule has 2 aromatic carbocycles. The third-order valence-corrected chi connectivity index (χ3v) is 3.89. The zero-order chi connectivity index (χ0) is 16.8. The van der Waals surface area contributed by atoms with E-state index in [2.05, 4.69) is 5.32 Å². The van der Waals surface area contributed by atoms with Gasteiger partial charge in [0, 0.05) is 16.1 Å². The fourth-order valence-electron chi connectivity index (χ4n) is 2.29. The highest BCUT2D eigenvalue weighted by atomic mass is 35.5. The van der Waals surface area contributed by atoms with Gasteiger partial charge in [0.15, 0.2) is 12.3 Å². The summed E-state index contributed by atoms with van der Waals surface area (Å²) in [7, 11) is 0. The Morgan fingerprint density at radius 2 is 1.78 bits per heavy atom. The van der Waals surface area contributed by atoms with E-state index in [4.69, 9.17) is 11.6 Å². The quantitative estimate of drug-likeness (QED) is 0.799. The van der Waals surface area contributed by atoms with Crippen molar-refractivity contribution in [2.24, 2.45) is 0 Å². The summed E-state index contributed by atoms with van der Waals surface area (Å²) in [5.41, 5.74) is 2.18. The number of amides is 1. The minimum atomic E-state index is -0.139. The molecular formula is C18H20ClN2O2+. The van der Waals surface area contributed by atoms with E-state index in [9.17, 15) is 9.59 Å². The summed E-state index contributed by atoms with van der Waals surface area (Å²) in [6, 6.07) is 14.7. The van der Waals surface area contributed by atoms with Crippen molar-refractivity contribution in [1.29, 1.82) is 0 Å². The summed E-state index contributed by atoms with van der Waals surface area (Å²) in [5, 5.41) is 5.43. The van der Waals surface area contributed by atoms with Gasteiger partial charge in [0.2, 0.25) is 0 Å². The van der Waals surface area contributed by atoms with E-state index in [1.807, 2.05) is 36.5 Å². The lowest BCUT2D eigenvalue weighted by molar-refractivity contribution is -0.682. The zero-order valence-electron chi connectivity index (χ0n) is 13.2. The zero-order valence-corrected chi connectivity index (χ0v) is 13.9. The lowest BCUT2D eigenvalue weighted by Gasteiger charge is -2.12. The maximum absolute atomic E-state index is 12.1. The molecule has 120 valence electrons. The predicted molar refractivity (Wildman–Crippen MR) is 91.7 cm³/mol. The maximum Gasteiger partial charge on any atom is 0.279 e. The number of nitrogens with one attached hydrogen (secondary N) is 1. The van der Waals surface area contributed by atoms with Crippen LogP contribution in [0.2, 0.25) is 5.02 Å². The second-order valence-electron chi connectivity index (χ2n) is 5.43. The molecule has 2 aromatic rings. The Bertz CT molecular complexity index is 698. The molecule has 0 heterocycles. The van der Waals surface area contributed by atoms with E-state index in [1.54, 1.807) is 24.3 Å². The smallest absolute Gasteiger partial charge is 0.279 e. The van der Waals surface area contributed by atoms with Gasteiger partial charge in [-0.25, -0.2) is 0 Å². The van der Waals surface area contributed by atoms with Crippen molar-refractivity contribution in [3.8, 4) is 0 Å². The van der Waals surface area contributed by atoms with E-state index in [-0.39, 0.29) is 24.3 Å². The van der Waals surface area contributed by atoms with Crippen LogP contribution in [0.4, 0.5) is 5.69 Å². The second kappa shape index (κ2) is 7.90. The first kappa shape index (κ1) is 17.2. The van der Waals surface area contributed by atoms with E-state index < -0.39 is 0 Å². The van der Waals surface area contributed by atoms with Crippen LogP contribution in [-0.4, -0.2) is 18.2 Å². The lowest BCUT2D eigenvalue weighted by atomic mass is 10.1. The molecule has 1 amide bonds. The first-order valence-corrected chi connectivity index (χ1v) is 7.84. The first-order chi connectivity index (χ1) is 11.0. The number of halogens is 1. The van der Waals surface area contributed by atoms with Crippen LogP contribution in [0.1, 0.15) is 35.8 Å². The lowest BCUT2D eigenvalue weighted by Crippen LogP contribution is -2.86. The van der Waals surface area contributed by atoms with Gasteiger partial charge >= 0.3 is 0 Å². The normalized spacial score (nSPS) is 11.8. The average molecular weight is 332 g/mol. The molecule has 0 aliphatic carbocycles. The standard InChI is InChI=1S/C18H19ClN2O2/c1-12(14-7-9-15(19)10-8-14)20-11-18(23)21-17-6-4-3-5-16(17)13(2)22/h3-10,12,20H,11H2,1-2H3,(H,21,23)/p+1/t12-/m0/s1. The minimum Gasteiger partial charge on any atom is -0.333 e. The number of benzene rings is 2. The number of carbonyl (C=O) groups excluding carboxylic acids is 2. The Morgan fingerprint density at radius 1 is 1.13 bits per heavy atom. The van der Waals surface area contributed by atoms with Gasteiger partial charge in [-0.15, -0.1) is 0 Å². The summed E-state index contributed by atoms with van der Waals surface area (Å²) in [6.45, 7) is 3.79. The van der Waals surface area contributed by atoms with Crippen molar-refractivity contribution in [1.82, 2.24) is 0 Å². The number of hydrogen-bond acceptors (Lipinski definition) is 2. The predicted octanol–water partition coefficient (Wildman–Crippen LogP) is 2.81. The highest BCUT2D eigenvalue weighted by molar-refractivity contribution is 6.30. The van der Waals surface area contributed by atoms with Gasteiger partial charge < -0.3 is 10.6 Å². The Hall–Kier alpha value is -2.17. The van der Waals surface area contributed by atoms with Crippen molar-refractivity contribution in [2.45, 2.75) is 19.9 Å². The number of rotatable bonds is 6. The van der Waals surface area contributed by atoms with Crippen LogP contribution in [-0.2, 0) is 4.79 Å². The minimum absolute atomic E-state index is 0.0700. The molecule has 0 aliphatic heterocycles. The van der Waals surface area contributed by atoms with E-state index >= 15 is 0 Å². The number of nitrogens with two attached hydrogens (primary N) is 1. The molecule has 0 aliphatic rings. The molecule has 3 N–H and O–H groups in total. The summed E-state index contributed by atoms with van der Waals surface area (Å²) in [6.07, 6.45) is 0. The number of ketones is 1. The molecule has 1 atom stereocenters. The summed E-state index contributed by atoms with van der Waals surface area (Å²) < 4.78 is 0. The molecule has 2 rings (SSSR count). The summed E-state index contributed by atoms with van der Waals surface area (Å²) in [4.78, 5) is 23.7. The van der Waals surface area contributed by atoms with Gasteiger partial charge in [-0.3, -0.25) is 9.59 Å². The molecule has 0 radical (unpaired) electrons. The van der Waals surface area contributed by atoms with Crippen LogP contribution in [0, 0.1) is 0 Å². The third-order valence-electron chi connectivity index (χ3n) is 3.63. The number of hydrogen-bond donors (Lipinski definition) is 2. The van der Waals surface area contributed by atoms with Crippen LogP contribution < -0.4 is 10.6 Å². The SMILES string of the molecule is CC(=O)c1ccccc1NC(=O)C[NH2+][C@@H](C)c1ccc(Cl)cc1. The van der Waals surface area contributed by atoms with Crippen molar-refractivity contribution in [3.05, 3.63) is 64.7 Å². The van der Waals surface area contributed by atoms with Crippen LogP contribution in [0.3, 0.4) is 0 Å². The highest BCUT2D eigenvalue weighted by Crippen LogP contribution is 2.15. The maximum atomic E-state index is 12.1. The van der Waals surface area contributed by atoms with Gasteiger partial charge in [-0.2, -0.15) is 0 Å². The molecule has 0 spiro atoms. The Morgan fingerprint density at radius 3 is 2.43 bits per heavy atom. The Labute approximate surface area is 140 Å². The molecule has 0 saturated heterocycles. The topological polar surface area (TPSA) is 62.8 Å². The second-order valence-corrected chi connectivity index (χ2v) is 5.87. The summed E-state index contributed by atoms with van der Waals surface area (Å²) >= 11 is 5.87. The van der Waals surface area contributed by atoms with E-state index in [0.29, 0.717) is 16.3 Å². The molecular weight excluding hydrogens is 312 g/mol. The van der Waals surface area contributed by atoms with Crippen LogP contribution in [0.15, 0.2) is 48.5 Å². The molecule has 4 nitrogen and oxygen atoms in total. The molecule has 5 heteroatoms. The molecule has 0 unspecified atom stereocenters. The number of anilines is 1. The number of para-hydroxylation sites is 1. The highest BCUT2D eigenvalue weighted by Gasteiger charge is 2.13. The fraction of sp³-hybridized carbons (Fsp3) is 0.222. The summed E-state index contributed by atoms with van der Waals surface area (Å²) in [5.74, 6) is -0.209. The fourth-order valence-corrected chi connectivity index (χ4v) is 2.41. The largest absolute Gasteiger partial charge is 0.333 e. The number of quaternary nitrogens is 1. The monoisotopic (exact) mass is 331 g/mol. The van der Waals surface area contributed by atoms with E-state index in [1.165, 1.54) is 6.92 Å². The molecule has 0 fully saturated rings. The first-order valence-electron chi connectivity index (χ1n) is 7.46. The average Bonchev–Trinajstić information content (AvgIpc) is 2.53. The van der Waals surface area contributed by atoms with Crippen molar-refractivity contribution in [3.63, 3.8) is 0 Å². The van der Waals surface area contributed by atoms with Crippen LogP contribution in [0.5, 0.6) is 0 Å². The molecule has 0 aromatic heterocycles. The number of carbonyl (C=O) groups is 2. The molecule has 0 bridgehead atoms. The molecule has 23 heavy (non-hydrogen) atoms. The van der Waals surface area contributed by atoms with E-state index in [0.717, 1.165) is 5.56 Å². The van der Waals surface area contributed by atoms with Gasteiger partial charge in [0.1, 0.15) is 6.04 Å².